The summed E-state index contributed by atoms with van der Waals surface area (Å²) in [6.45, 7) is 9.32. The molecule has 0 rings (SSSR count). The Labute approximate surface area is 110 Å². The molecule has 0 unspecified atom stereocenters. The van der Waals surface area contributed by atoms with E-state index in [1.54, 1.807) is 13.8 Å². The molecule has 0 saturated heterocycles. The minimum absolute atomic E-state index is 0.149. The fraction of sp³-hybridized carbons (Fsp3) is 0.714. The first-order valence-corrected chi connectivity index (χ1v) is 6.17. The first-order valence-electron chi connectivity index (χ1n) is 6.17. The third kappa shape index (κ3) is 7.21. The maximum absolute atomic E-state index is 10.7. The lowest BCUT2D eigenvalue weighted by molar-refractivity contribution is -0.118. The minimum Gasteiger partial charge on any atom is -0.380 e. The molecular weight excluding hydrogens is 228 g/mol. The van der Waals surface area contributed by atoms with Gasteiger partial charge in [0.1, 0.15) is 5.78 Å². The van der Waals surface area contributed by atoms with Gasteiger partial charge in [-0.25, -0.2) is 0 Å². The Hall–Kier alpha value is -1.18. The molecule has 18 heavy (non-hydrogen) atoms. The highest BCUT2D eigenvalue weighted by Crippen LogP contribution is 2.15. The summed E-state index contributed by atoms with van der Waals surface area (Å²) in [5, 5.41) is 8.78. The number of Topliss-reactive ketones (excluding diaryl/α,β-unsaturated/α-hetero) is 1. The molecule has 4 heteroatoms. The summed E-state index contributed by atoms with van der Waals surface area (Å²) in [5.74, 6) is 0.149. The molecule has 0 spiro atoms. The predicted octanol–water partition coefficient (Wildman–Crippen LogP) is 2.16. The maximum Gasteiger partial charge on any atom is 0.132 e. The van der Waals surface area contributed by atoms with Gasteiger partial charge >= 0.3 is 0 Å². The molecule has 102 valence electrons. The number of ketones is 1. The number of carbonyl (C=O) groups is 1. The Morgan fingerprint density at radius 2 is 2.00 bits per heavy atom. The second kappa shape index (κ2) is 8.02. The lowest BCUT2D eigenvalue weighted by Crippen LogP contribution is -2.41. The number of hydrogen-bond donors (Lipinski definition) is 0. The van der Waals surface area contributed by atoms with E-state index >= 15 is 0 Å². The number of hydrogen-bond acceptors (Lipinski definition) is 4. The van der Waals surface area contributed by atoms with Crippen LogP contribution in [-0.4, -0.2) is 43.0 Å². The van der Waals surface area contributed by atoms with Gasteiger partial charge in [-0.3, -0.25) is 9.69 Å². The van der Waals surface area contributed by atoms with Crippen molar-refractivity contribution in [3.05, 3.63) is 11.6 Å². The van der Waals surface area contributed by atoms with Crippen molar-refractivity contribution in [3.63, 3.8) is 0 Å². The summed E-state index contributed by atoms with van der Waals surface area (Å²) in [4.78, 5) is 12.9. The molecule has 4 nitrogen and oxygen atoms in total. The smallest absolute Gasteiger partial charge is 0.132 e. The zero-order valence-electron chi connectivity index (χ0n) is 12.1. The molecule has 0 fully saturated rings. The largest absolute Gasteiger partial charge is 0.380 e. The molecule has 0 atom stereocenters. The van der Waals surface area contributed by atoms with E-state index in [-0.39, 0.29) is 11.3 Å². The second-order valence-electron chi connectivity index (χ2n) is 5.08. The van der Waals surface area contributed by atoms with Gasteiger partial charge in [0.2, 0.25) is 0 Å². The molecule has 0 amide bonds. The second-order valence-corrected chi connectivity index (χ2v) is 5.08. The molecule has 0 aliphatic rings. The van der Waals surface area contributed by atoms with Gasteiger partial charge in [0.15, 0.2) is 0 Å². The van der Waals surface area contributed by atoms with Crippen LogP contribution in [0.1, 0.15) is 34.1 Å². The number of allylic oxidation sites excluding steroid dienone is 1. The van der Waals surface area contributed by atoms with Crippen LogP contribution in [0.5, 0.6) is 0 Å². The van der Waals surface area contributed by atoms with Gasteiger partial charge in [-0.2, -0.15) is 5.26 Å². The first kappa shape index (κ1) is 16.8. The SMILES string of the molecule is CC(=O)CCOCCN(C)C(C)(C)/C=C(/C)C#N. The van der Waals surface area contributed by atoms with E-state index in [0.717, 1.165) is 6.54 Å². The number of carbonyl (C=O) groups excluding carboxylic acids is 1. The fourth-order valence-electron chi connectivity index (χ4n) is 1.48. The van der Waals surface area contributed by atoms with Gasteiger partial charge in [0.05, 0.1) is 19.3 Å². The number of nitriles is 1. The highest BCUT2D eigenvalue weighted by Gasteiger charge is 2.20. The van der Waals surface area contributed by atoms with Gasteiger partial charge in [-0.05, 0) is 34.7 Å². The standard InChI is InChI=1S/C14H24N2O2/c1-12(11-15)10-14(3,4)16(5)7-9-18-8-6-13(2)17/h10H,6-9H2,1-5H3/b12-10-. The average Bonchev–Trinajstić information content (AvgIpc) is 2.27. The van der Waals surface area contributed by atoms with E-state index in [4.69, 9.17) is 10.00 Å². The summed E-state index contributed by atoms with van der Waals surface area (Å²) in [5.41, 5.74) is 0.536. The Morgan fingerprint density at radius 3 is 2.50 bits per heavy atom. The van der Waals surface area contributed by atoms with Gasteiger partial charge in [0, 0.05) is 24.1 Å². The first-order chi connectivity index (χ1) is 8.29. The van der Waals surface area contributed by atoms with Crippen LogP contribution >= 0.6 is 0 Å². The Bertz CT molecular complexity index is 340. The normalized spacial score (nSPS) is 12.6. The van der Waals surface area contributed by atoms with Crippen LogP contribution in [0.3, 0.4) is 0 Å². The zero-order valence-corrected chi connectivity index (χ0v) is 12.1. The molecule has 0 heterocycles. The van der Waals surface area contributed by atoms with Crippen molar-refractivity contribution < 1.29 is 9.53 Å². The molecule has 0 aromatic rings. The van der Waals surface area contributed by atoms with Crippen LogP contribution in [-0.2, 0) is 9.53 Å². The van der Waals surface area contributed by atoms with Crippen LogP contribution in [0.4, 0.5) is 0 Å². The molecule has 0 N–H and O–H groups in total. The van der Waals surface area contributed by atoms with Crippen molar-refractivity contribution in [2.45, 2.75) is 39.7 Å². The molecule has 0 aromatic heterocycles. The minimum atomic E-state index is -0.177. The van der Waals surface area contributed by atoms with Gasteiger partial charge in [-0.15, -0.1) is 0 Å². The third-order valence-electron chi connectivity index (χ3n) is 2.90. The van der Waals surface area contributed by atoms with E-state index in [9.17, 15) is 4.79 Å². The van der Waals surface area contributed by atoms with Crippen LogP contribution in [0.25, 0.3) is 0 Å². The number of ether oxygens (including phenoxy) is 1. The van der Waals surface area contributed by atoms with Crippen molar-refractivity contribution in [3.8, 4) is 6.07 Å². The lowest BCUT2D eigenvalue weighted by Gasteiger charge is -2.33. The van der Waals surface area contributed by atoms with Crippen molar-refractivity contribution in [1.82, 2.24) is 4.90 Å². The van der Waals surface area contributed by atoms with Crippen LogP contribution in [0.2, 0.25) is 0 Å². The number of likely N-dealkylation sites (N-methyl/N-ethyl adjacent to an activating group) is 1. The van der Waals surface area contributed by atoms with Gasteiger partial charge in [-0.1, -0.05) is 6.08 Å². The zero-order chi connectivity index (χ0) is 14.2. The van der Waals surface area contributed by atoms with Crippen molar-refractivity contribution in [1.29, 1.82) is 5.26 Å². The molecule has 0 aliphatic carbocycles. The van der Waals surface area contributed by atoms with Crippen molar-refractivity contribution in [2.24, 2.45) is 0 Å². The highest BCUT2D eigenvalue weighted by molar-refractivity contribution is 5.75. The molecule has 0 radical (unpaired) electrons. The molecular formula is C14H24N2O2. The Kier molecular flexibility index (Phi) is 7.49. The van der Waals surface area contributed by atoms with E-state index in [0.29, 0.717) is 25.2 Å². The maximum atomic E-state index is 10.7. The van der Waals surface area contributed by atoms with Crippen molar-refractivity contribution in [2.75, 3.05) is 26.8 Å². The average molecular weight is 252 g/mol. The molecule has 0 saturated carbocycles. The van der Waals surface area contributed by atoms with E-state index in [1.165, 1.54) is 0 Å². The Morgan fingerprint density at radius 1 is 1.39 bits per heavy atom. The Balaban J connectivity index is 4.05. The molecule has 0 aliphatic heterocycles. The fourth-order valence-corrected chi connectivity index (χ4v) is 1.48. The topological polar surface area (TPSA) is 53.3 Å². The van der Waals surface area contributed by atoms with Crippen molar-refractivity contribution >= 4 is 5.78 Å². The van der Waals surface area contributed by atoms with E-state index in [2.05, 4.69) is 24.8 Å². The van der Waals surface area contributed by atoms with E-state index < -0.39 is 0 Å². The third-order valence-corrected chi connectivity index (χ3v) is 2.90. The lowest BCUT2D eigenvalue weighted by atomic mass is 10.0. The number of rotatable bonds is 8. The molecule has 0 bridgehead atoms. The quantitative estimate of drug-likeness (QED) is 0.490. The van der Waals surface area contributed by atoms with Crippen LogP contribution in [0.15, 0.2) is 11.6 Å². The number of nitrogens with zero attached hydrogens (tertiary/aromatic N) is 2. The highest BCUT2D eigenvalue weighted by atomic mass is 16.5. The van der Waals surface area contributed by atoms with Crippen LogP contribution < -0.4 is 0 Å². The predicted molar refractivity (Wildman–Crippen MR) is 72.2 cm³/mol. The summed E-state index contributed by atoms with van der Waals surface area (Å²) < 4.78 is 5.39. The molecule has 0 aromatic carbocycles. The summed E-state index contributed by atoms with van der Waals surface area (Å²) in [6.07, 6.45) is 2.42. The summed E-state index contributed by atoms with van der Waals surface area (Å²) in [7, 11) is 2.00. The monoisotopic (exact) mass is 252 g/mol. The van der Waals surface area contributed by atoms with E-state index in [1.807, 2.05) is 13.1 Å². The summed E-state index contributed by atoms with van der Waals surface area (Å²) in [6, 6.07) is 2.13. The summed E-state index contributed by atoms with van der Waals surface area (Å²) >= 11 is 0. The van der Waals surface area contributed by atoms with Crippen LogP contribution in [0, 0.1) is 11.3 Å². The van der Waals surface area contributed by atoms with Gasteiger partial charge in [0.25, 0.3) is 0 Å². The van der Waals surface area contributed by atoms with Gasteiger partial charge < -0.3 is 4.74 Å².